The third-order valence-corrected chi connectivity index (χ3v) is 3.55. The zero-order valence-electron chi connectivity index (χ0n) is 10.3. The molecule has 3 nitrogen and oxygen atoms in total. The van der Waals surface area contributed by atoms with E-state index in [4.69, 9.17) is 4.74 Å². The Morgan fingerprint density at radius 1 is 1.47 bits per heavy atom. The van der Waals surface area contributed by atoms with E-state index in [1.165, 1.54) is 13.5 Å². The fourth-order valence-electron chi connectivity index (χ4n) is 2.18. The molecule has 0 amide bonds. The van der Waals surface area contributed by atoms with Crippen LogP contribution in [-0.4, -0.2) is 37.6 Å². The van der Waals surface area contributed by atoms with Gasteiger partial charge in [0.05, 0.1) is 13.0 Å². The second-order valence-electron chi connectivity index (χ2n) is 4.93. The van der Waals surface area contributed by atoms with Crippen molar-refractivity contribution in [3.8, 4) is 0 Å². The summed E-state index contributed by atoms with van der Waals surface area (Å²) in [6, 6.07) is 0. The van der Waals surface area contributed by atoms with Gasteiger partial charge in [-0.05, 0) is 24.8 Å². The highest BCUT2D eigenvalue weighted by atomic mass is 16.5. The molecule has 15 heavy (non-hydrogen) atoms. The number of methoxy groups -OCH3 is 1. The molecule has 1 aliphatic heterocycles. The van der Waals surface area contributed by atoms with Crippen LogP contribution in [0.15, 0.2) is 0 Å². The number of nitrogens with zero attached hydrogens (tertiary/aromatic N) is 1. The third kappa shape index (κ3) is 3.49. The predicted octanol–water partition coefficient (Wildman–Crippen LogP) is 1.77. The van der Waals surface area contributed by atoms with Crippen molar-refractivity contribution in [3.63, 3.8) is 0 Å². The number of esters is 1. The normalized spacial score (nSPS) is 29.9. The lowest BCUT2D eigenvalue weighted by Crippen LogP contribution is -2.41. The maximum absolute atomic E-state index is 11.3. The molecule has 0 spiro atoms. The number of hydrogen-bond acceptors (Lipinski definition) is 3. The Labute approximate surface area is 92.8 Å². The molecule has 0 aromatic carbocycles. The number of carbonyl (C=O) groups excluding carboxylic acids is 1. The summed E-state index contributed by atoms with van der Waals surface area (Å²) in [5.74, 6) is 1.45. The van der Waals surface area contributed by atoms with Crippen molar-refractivity contribution in [2.75, 3.05) is 26.7 Å². The van der Waals surface area contributed by atoms with Gasteiger partial charge in [-0.15, -0.1) is 0 Å². The number of carbonyl (C=O) groups is 1. The lowest BCUT2D eigenvalue weighted by Gasteiger charge is -2.36. The van der Waals surface area contributed by atoms with E-state index >= 15 is 0 Å². The highest BCUT2D eigenvalue weighted by molar-refractivity contribution is 5.72. The van der Waals surface area contributed by atoms with E-state index in [-0.39, 0.29) is 11.9 Å². The van der Waals surface area contributed by atoms with Gasteiger partial charge in [0.25, 0.3) is 0 Å². The highest BCUT2D eigenvalue weighted by Crippen LogP contribution is 2.22. The van der Waals surface area contributed by atoms with Gasteiger partial charge in [-0.3, -0.25) is 4.79 Å². The Balaban J connectivity index is 2.36. The van der Waals surface area contributed by atoms with Crippen molar-refractivity contribution >= 4 is 5.97 Å². The summed E-state index contributed by atoms with van der Waals surface area (Å²) in [6.07, 6.45) is 1.25. The largest absolute Gasteiger partial charge is 0.469 e. The molecular formula is C12H23NO2. The Bertz CT molecular complexity index is 218. The van der Waals surface area contributed by atoms with Crippen LogP contribution >= 0.6 is 0 Å². The van der Waals surface area contributed by atoms with Gasteiger partial charge in [-0.2, -0.15) is 0 Å². The van der Waals surface area contributed by atoms with E-state index in [0.29, 0.717) is 0 Å². The van der Waals surface area contributed by atoms with E-state index in [1.54, 1.807) is 0 Å². The maximum atomic E-state index is 11.3. The second kappa shape index (κ2) is 5.50. The van der Waals surface area contributed by atoms with Crippen LogP contribution in [0.5, 0.6) is 0 Å². The summed E-state index contributed by atoms with van der Waals surface area (Å²) in [5, 5.41) is 0. The summed E-state index contributed by atoms with van der Waals surface area (Å²) in [6.45, 7) is 9.61. The van der Waals surface area contributed by atoms with Crippen LogP contribution in [0.2, 0.25) is 0 Å². The van der Waals surface area contributed by atoms with Gasteiger partial charge >= 0.3 is 5.97 Å². The maximum Gasteiger partial charge on any atom is 0.309 e. The Morgan fingerprint density at radius 2 is 2.13 bits per heavy atom. The Kier molecular flexibility index (Phi) is 4.58. The molecule has 0 bridgehead atoms. The minimum Gasteiger partial charge on any atom is -0.469 e. The standard InChI is InChI=1S/C12H23NO2/c1-9-5-6-13(7-10(9)2)8-11(3)12(14)15-4/h9-11H,5-8H2,1-4H3. The second-order valence-corrected chi connectivity index (χ2v) is 4.93. The number of hydrogen-bond donors (Lipinski definition) is 0. The molecule has 1 rings (SSSR count). The van der Waals surface area contributed by atoms with Crippen LogP contribution in [0.1, 0.15) is 27.2 Å². The van der Waals surface area contributed by atoms with Gasteiger partial charge in [0.15, 0.2) is 0 Å². The molecule has 3 heteroatoms. The number of ether oxygens (including phenoxy) is 1. The van der Waals surface area contributed by atoms with Crippen molar-refractivity contribution in [1.29, 1.82) is 0 Å². The van der Waals surface area contributed by atoms with Gasteiger partial charge in [0.1, 0.15) is 0 Å². The van der Waals surface area contributed by atoms with Crippen LogP contribution in [0.3, 0.4) is 0 Å². The monoisotopic (exact) mass is 213 g/mol. The molecule has 1 aliphatic rings. The molecule has 1 fully saturated rings. The van der Waals surface area contributed by atoms with Crippen molar-refractivity contribution in [1.82, 2.24) is 4.90 Å². The highest BCUT2D eigenvalue weighted by Gasteiger charge is 2.25. The molecule has 1 heterocycles. The number of piperidine rings is 1. The minimum absolute atomic E-state index is 0.00407. The fraction of sp³-hybridized carbons (Fsp3) is 0.917. The smallest absolute Gasteiger partial charge is 0.309 e. The molecular weight excluding hydrogens is 190 g/mol. The van der Waals surface area contributed by atoms with Gasteiger partial charge in [0, 0.05) is 13.1 Å². The molecule has 88 valence electrons. The van der Waals surface area contributed by atoms with Crippen LogP contribution < -0.4 is 0 Å². The van der Waals surface area contributed by atoms with Crippen LogP contribution in [0.4, 0.5) is 0 Å². The summed E-state index contributed by atoms with van der Waals surface area (Å²) in [4.78, 5) is 13.7. The summed E-state index contributed by atoms with van der Waals surface area (Å²) < 4.78 is 4.74. The first-order chi connectivity index (χ1) is 7.04. The molecule has 0 N–H and O–H groups in total. The zero-order chi connectivity index (χ0) is 11.4. The van der Waals surface area contributed by atoms with Gasteiger partial charge in [0.2, 0.25) is 0 Å². The first kappa shape index (κ1) is 12.5. The quantitative estimate of drug-likeness (QED) is 0.669. The topological polar surface area (TPSA) is 29.5 Å². The van der Waals surface area contributed by atoms with Crippen molar-refractivity contribution in [3.05, 3.63) is 0 Å². The molecule has 0 aromatic rings. The SMILES string of the molecule is COC(=O)C(C)CN1CCC(C)C(C)C1. The van der Waals surface area contributed by atoms with E-state index < -0.39 is 0 Å². The number of rotatable bonds is 3. The molecule has 0 radical (unpaired) electrons. The zero-order valence-corrected chi connectivity index (χ0v) is 10.3. The molecule has 3 unspecified atom stereocenters. The third-order valence-electron chi connectivity index (χ3n) is 3.55. The van der Waals surface area contributed by atoms with Crippen molar-refractivity contribution in [2.45, 2.75) is 27.2 Å². The Hall–Kier alpha value is -0.570. The molecule has 1 saturated heterocycles. The van der Waals surface area contributed by atoms with E-state index in [2.05, 4.69) is 18.7 Å². The van der Waals surface area contributed by atoms with Crippen LogP contribution in [0, 0.1) is 17.8 Å². The van der Waals surface area contributed by atoms with Crippen LogP contribution in [0.25, 0.3) is 0 Å². The average Bonchev–Trinajstić information content (AvgIpc) is 2.22. The lowest BCUT2D eigenvalue weighted by molar-refractivity contribution is -0.145. The number of likely N-dealkylation sites (tertiary alicyclic amines) is 1. The molecule has 0 aliphatic carbocycles. The van der Waals surface area contributed by atoms with E-state index in [9.17, 15) is 4.79 Å². The van der Waals surface area contributed by atoms with E-state index in [1.807, 2.05) is 6.92 Å². The van der Waals surface area contributed by atoms with Crippen LogP contribution in [-0.2, 0) is 9.53 Å². The molecule has 3 atom stereocenters. The first-order valence-corrected chi connectivity index (χ1v) is 5.84. The van der Waals surface area contributed by atoms with Crippen molar-refractivity contribution in [2.24, 2.45) is 17.8 Å². The van der Waals surface area contributed by atoms with Gasteiger partial charge < -0.3 is 9.64 Å². The van der Waals surface area contributed by atoms with Gasteiger partial charge in [-0.1, -0.05) is 20.8 Å². The lowest BCUT2D eigenvalue weighted by atomic mass is 9.88. The van der Waals surface area contributed by atoms with Crippen molar-refractivity contribution < 1.29 is 9.53 Å². The summed E-state index contributed by atoms with van der Waals surface area (Å²) >= 11 is 0. The van der Waals surface area contributed by atoms with E-state index in [0.717, 1.165) is 31.5 Å². The summed E-state index contributed by atoms with van der Waals surface area (Å²) in [7, 11) is 1.46. The first-order valence-electron chi connectivity index (χ1n) is 5.84. The van der Waals surface area contributed by atoms with Gasteiger partial charge in [-0.25, -0.2) is 0 Å². The summed E-state index contributed by atoms with van der Waals surface area (Å²) in [5.41, 5.74) is 0. The average molecular weight is 213 g/mol. The Morgan fingerprint density at radius 3 is 2.67 bits per heavy atom. The fourth-order valence-corrected chi connectivity index (χ4v) is 2.18. The molecule has 0 aromatic heterocycles. The predicted molar refractivity (Wildman–Crippen MR) is 60.6 cm³/mol. The minimum atomic E-state index is -0.0960. The molecule has 0 saturated carbocycles.